The van der Waals surface area contributed by atoms with E-state index in [0.717, 1.165) is 27.8 Å². The van der Waals surface area contributed by atoms with Gasteiger partial charge in [0.05, 0.1) is 0 Å². The fraction of sp³-hybridized carbons (Fsp3) is 0.333. The third-order valence-electron chi connectivity index (χ3n) is 3.37. The number of fused-ring (bicyclic) bond motifs is 1. The van der Waals surface area contributed by atoms with E-state index in [1.54, 1.807) is 0 Å². The van der Waals surface area contributed by atoms with Crippen molar-refractivity contribution in [2.24, 2.45) is 0 Å². The zero-order chi connectivity index (χ0) is 14.3. The Bertz CT molecular complexity index is 641. The highest BCUT2D eigenvalue weighted by Gasteiger charge is 2.26. The van der Waals surface area contributed by atoms with Crippen LogP contribution in [-0.2, 0) is 6.54 Å². The van der Waals surface area contributed by atoms with E-state index in [0.29, 0.717) is 0 Å². The molecular weight excluding hydrogens is 402 g/mol. The zero-order valence-corrected chi connectivity index (χ0v) is 15.3. The van der Waals surface area contributed by atoms with Gasteiger partial charge in [0.1, 0.15) is 11.9 Å². The second-order valence-electron chi connectivity index (χ2n) is 5.11. The van der Waals surface area contributed by atoms with Crippen LogP contribution in [0.15, 0.2) is 33.2 Å². The second kappa shape index (κ2) is 5.79. The lowest BCUT2D eigenvalue weighted by molar-refractivity contribution is 0.130. The molecule has 0 fully saturated rings. The molecule has 0 bridgehead atoms. The third kappa shape index (κ3) is 2.96. The summed E-state index contributed by atoms with van der Waals surface area (Å²) in [6.07, 6.45) is 0.113. The molecule has 1 aromatic carbocycles. The van der Waals surface area contributed by atoms with Crippen molar-refractivity contribution in [3.8, 4) is 5.75 Å². The minimum atomic E-state index is 0.113. The van der Waals surface area contributed by atoms with E-state index in [-0.39, 0.29) is 6.10 Å². The Morgan fingerprint density at radius 1 is 1.25 bits per heavy atom. The van der Waals surface area contributed by atoms with E-state index < -0.39 is 0 Å². The molecule has 0 saturated carbocycles. The monoisotopic (exact) mass is 415 g/mol. The molecule has 1 aliphatic rings. The van der Waals surface area contributed by atoms with Crippen molar-refractivity contribution in [1.29, 1.82) is 0 Å². The summed E-state index contributed by atoms with van der Waals surface area (Å²) in [4.78, 5) is 5.10. The van der Waals surface area contributed by atoms with Crippen LogP contribution in [0.25, 0.3) is 0 Å². The molecule has 0 N–H and O–H groups in total. The van der Waals surface area contributed by atoms with Gasteiger partial charge in [-0.25, -0.2) is 0 Å². The molecule has 0 spiro atoms. The van der Waals surface area contributed by atoms with E-state index in [1.807, 2.05) is 29.5 Å². The lowest BCUT2D eigenvalue weighted by atomic mass is 10.1. The smallest absolute Gasteiger partial charge is 0.137 e. The van der Waals surface area contributed by atoms with Crippen molar-refractivity contribution in [3.63, 3.8) is 0 Å². The van der Waals surface area contributed by atoms with Crippen LogP contribution >= 0.6 is 43.2 Å². The Hall–Kier alpha value is -0.360. The highest BCUT2D eigenvalue weighted by Crippen LogP contribution is 2.36. The number of hydrogen-bond donors (Lipinski definition) is 0. The quantitative estimate of drug-likeness (QED) is 0.671. The van der Waals surface area contributed by atoms with Crippen LogP contribution in [0.4, 0.5) is 0 Å². The minimum Gasteiger partial charge on any atom is -0.484 e. The first-order chi connectivity index (χ1) is 9.52. The van der Waals surface area contributed by atoms with E-state index in [1.165, 1.54) is 15.3 Å². The number of ether oxygens (including phenoxy) is 1. The zero-order valence-electron chi connectivity index (χ0n) is 11.3. The largest absolute Gasteiger partial charge is 0.484 e. The van der Waals surface area contributed by atoms with Crippen LogP contribution in [0.2, 0.25) is 0 Å². The molecule has 0 saturated heterocycles. The van der Waals surface area contributed by atoms with Crippen LogP contribution in [0, 0.1) is 6.92 Å². The Morgan fingerprint density at radius 2 is 2.05 bits per heavy atom. The standard InChI is InChI=1S/C15H15Br2NOS/c1-9-5-11-14(7-18(2)8-15(11)20-9)19-10-3-4-12(16)13(17)6-10/h3-6,14H,7-8H2,1-2H3. The summed E-state index contributed by atoms with van der Waals surface area (Å²) < 4.78 is 8.27. The molecule has 1 unspecified atom stereocenters. The van der Waals surface area contributed by atoms with Gasteiger partial charge < -0.3 is 4.74 Å². The van der Waals surface area contributed by atoms with Crippen molar-refractivity contribution in [2.75, 3.05) is 13.6 Å². The summed E-state index contributed by atoms with van der Waals surface area (Å²) in [5, 5.41) is 0. The summed E-state index contributed by atoms with van der Waals surface area (Å²) in [6, 6.07) is 8.29. The van der Waals surface area contributed by atoms with Crippen molar-refractivity contribution in [1.82, 2.24) is 4.90 Å². The van der Waals surface area contributed by atoms with Gasteiger partial charge in [-0.2, -0.15) is 0 Å². The molecule has 2 nitrogen and oxygen atoms in total. The molecule has 1 atom stereocenters. The van der Waals surface area contributed by atoms with Crippen molar-refractivity contribution in [2.45, 2.75) is 19.6 Å². The lowest BCUT2D eigenvalue weighted by Gasteiger charge is -2.30. The van der Waals surface area contributed by atoms with Crippen molar-refractivity contribution >= 4 is 43.2 Å². The summed E-state index contributed by atoms with van der Waals surface area (Å²) in [6.45, 7) is 4.12. The van der Waals surface area contributed by atoms with Gasteiger partial charge in [-0.05, 0) is 70.1 Å². The normalized spacial score (nSPS) is 18.9. The first kappa shape index (κ1) is 14.6. The highest BCUT2D eigenvalue weighted by atomic mass is 79.9. The van der Waals surface area contributed by atoms with E-state index >= 15 is 0 Å². The maximum absolute atomic E-state index is 6.22. The summed E-state index contributed by atoms with van der Waals surface area (Å²) in [5.74, 6) is 0.898. The van der Waals surface area contributed by atoms with Gasteiger partial charge in [0, 0.05) is 37.4 Å². The Balaban J connectivity index is 1.88. The molecule has 1 aromatic heterocycles. The molecule has 20 heavy (non-hydrogen) atoms. The number of aryl methyl sites for hydroxylation is 1. The van der Waals surface area contributed by atoms with Gasteiger partial charge in [0.15, 0.2) is 0 Å². The molecular formula is C15H15Br2NOS. The van der Waals surface area contributed by atoms with Crippen molar-refractivity contribution in [3.05, 3.63) is 48.5 Å². The number of rotatable bonds is 2. The molecule has 2 heterocycles. The molecule has 0 radical (unpaired) electrons. The predicted octanol–water partition coefficient (Wildman–Crippen LogP) is 5.15. The number of nitrogens with zero attached hydrogens (tertiary/aromatic N) is 1. The van der Waals surface area contributed by atoms with Crippen molar-refractivity contribution < 1.29 is 4.74 Å². The molecule has 3 rings (SSSR count). The minimum absolute atomic E-state index is 0.113. The van der Waals surface area contributed by atoms with Gasteiger partial charge in [0.2, 0.25) is 0 Å². The predicted molar refractivity (Wildman–Crippen MR) is 90.6 cm³/mol. The third-order valence-corrected chi connectivity index (χ3v) is 6.30. The fourth-order valence-electron chi connectivity index (χ4n) is 2.48. The number of hydrogen-bond acceptors (Lipinski definition) is 3. The fourth-order valence-corrected chi connectivity index (χ4v) is 4.26. The number of thiophene rings is 1. The molecule has 0 aliphatic carbocycles. The number of likely N-dealkylation sites (N-methyl/N-ethyl adjacent to an activating group) is 1. The average molecular weight is 417 g/mol. The summed E-state index contributed by atoms with van der Waals surface area (Å²) in [7, 11) is 2.14. The SMILES string of the molecule is Cc1cc2c(s1)CN(C)CC2Oc1ccc(Br)c(Br)c1. The summed E-state index contributed by atoms with van der Waals surface area (Å²) >= 11 is 8.88. The molecule has 2 aromatic rings. The van der Waals surface area contributed by atoms with Gasteiger partial charge >= 0.3 is 0 Å². The highest BCUT2D eigenvalue weighted by molar-refractivity contribution is 9.13. The van der Waals surface area contributed by atoms with E-state index in [9.17, 15) is 0 Å². The lowest BCUT2D eigenvalue weighted by Crippen LogP contribution is -2.31. The van der Waals surface area contributed by atoms with Crippen LogP contribution in [0.3, 0.4) is 0 Å². The molecule has 0 amide bonds. The topological polar surface area (TPSA) is 12.5 Å². The molecule has 1 aliphatic heterocycles. The Kier molecular flexibility index (Phi) is 4.22. The van der Waals surface area contributed by atoms with Crippen LogP contribution in [-0.4, -0.2) is 18.5 Å². The average Bonchev–Trinajstić information content (AvgIpc) is 2.74. The molecule has 5 heteroatoms. The number of halogens is 2. The van der Waals surface area contributed by atoms with Crippen LogP contribution in [0.1, 0.15) is 21.4 Å². The van der Waals surface area contributed by atoms with Gasteiger partial charge in [0.25, 0.3) is 0 Å². The second-order valence-corrected chi connectivity index (χ2v) is 8.16. The maximum atomic E-state index is 6.22. The molecule has 106 valence electrons. The summed E-state index contributed by atoms with van der Waals surface area (Å²) in [5.41, 5.74) is 1.35. The first-order valence-corrected chi connectivity index (χ1v) is 8.82. The number of benzene rings is 1. The Labute approximate surface area is 140 Å². The van der Waals surface area contributed by atoms with Gasteiger partial charge in [-0.3, -0.25) is 4.90 Å². The first-order valence-electron chi connectivity index (χ1n) is 6.42. The maximum Gasteiger partial charge on any atom is 0.137 e. The van der Waals surface area contributed by atoms with Crippen LogP contribution in [0.5, 0.6) is 5.75 Å². The van der Waals surface area contributed by atoms with Crippen LogP contribution < -0.4 is 4.74 Å². The van der Waals surface area contributed by atoms with E-state index in [4.69, 9.17) is 4.74 Å². The van der Waals surface area contributed by atoms with Gasteiger partial charge in [-0.1, -0.05) is 0 Å². The van der Waals surface area contributed by atoms with E-state index in [2.05, 4.69) is 56.8 Å². The Morgan fingerprint density at radius 3 is 2.80 bits per heavy atom. The van der Waals surface area contributed by atoms with Gasteiger partial charge in [-0.15, -0.1) is 11.3 Å².